The number of anilines is 2. The molecule has 1 amide bonds. The van der Waals surface area contributed by atoms with Crippen LogP contribution in [0.25, 0.3) is 0 Å². The van der Waals surface area contributed by atoms with Gasteiger partial charge in [-0.3, -0.25) is 9.52 Å². The number of aromatic nitrogens is 1. The number of amides is 1. The lowest BCUT2D eigenvalue weighted by Crippen LogP contribution is -2.28. The molecule has 1 aromatic heterocycles. The number of carbonyl (C=O) groups excluding carboxylic acids is 1. The maximum atomic E-state index is 13.0. The van der Waals surface area contributed by atoms with Crippen LogP contribution in [0.1, 0.15) is 10.4 Å². The van der Waals surface area contributed by atoms with Crippen LogP contribution in [0.2, 0.25) is 10.0 Å². The van der Waals surface area contributed by atoms with Crippen LogP contribution in [-0.2, 0) is 10.0 Å². The number of pyridine rings is 1. The van der Waals surface area contributed by atoms with Gasteiger partial charge in [-0.05, 0) is 54.6 Å². The fourth-order valence-corrected chi connectivity index (χ4v) is 4.03. The smallest absolute Gasteiger partial charge is 0.261 e. The molecular formula is C20H17Cl2FN4O3S. The van der Waals surface area contributed by atoms with Crippen molar-refractivity contribution in [2.45, 2.75) is 4.90 Å². The van der Waals surface area contributed by atoms with E-state index < -0.39 is 15.8 Å². The van der Waals surface area contributed by atoms with Crippen LogP contribution in [0, 0.1) is 5.82 Å². The normalized spacial score (nSPS) is 11.1. The van der Waals surface area contributed by atoms with Gasteiger partial charge in [-0.2, -0.15) is 0 Å². The fourth-order valence-electron chi connectivity index (χ4n) is 2.52. The van der Waals surface area contributed by atoms with Gasteiger partial charge in [0, 0.05) is 30.5 Å². The highest BCUT2D eigenvalue weighted by molar-refractivity contribution is 7.92. The molecule has 3 N–H and O–H groups in total. The summed E-state index contributed by atoms with van der Waals surface area (Å²) in [6.07, 6.45) is 1.46. The van der Waals surface area contributed by atoms with Crippen molar-refractivity contribution in [1.29, 1.82) is 0 Å². The Balaban J connectivity index is 1.52. The van der Waals surface area contributed by atoms with Gasteiger partial charge in [-0.15, -0.1) is 0 Å². The Hall–Kier alpha value is -2.88. The standard InChI is InChI=1S/C20H17Cl2FN4O3S/c21-14-11-18(22)19(26-12-14)24-9-10-25-20(28)13-1-5-16(6-2-13)27-31(29,30)17-7-3-15(23)4-8-17/h1-8,11-12,27H,9-10H2,(H,24,26)(H,25,28). The Morgan fingerprint density at radius 3 is 2.32 bits per heavy atom. The van der Waals surface area contributed by atoms with Crippen LogP contribution in [0.5, 0.6) is 0 Å². The number of hydrogen-bond donors (Lipinski definition) is 3. The molecule has 0 spiro atoms. The molecule has 3 rings (SSSR count). The molecule has 0 saturated carbocycles. The monoisotopic (exact) mass is 482 g/mol. The summed E-state index contributed by atoms with van der Waals surface area (Å²) in [4.78, 5) is 16.2. The summed E-state index contributed by atoms with van der Waals surface area (Å²) in [7, 11) is -3.86. The zero-order valence-corrected chi connectivity index (χ0v) is 18.2. The van der Waals surface area contributed by atoms with E-state index >= 15 is 0 Å². The topological polar surface area (TPSA) is 100 Å². The Morgan fingerprint density at radius 1 is 1.00 bits per heavy atom. The number of rotatable bonds is 8. The lowest BCUT2D eigenvalue weighted by Gasteiger charge is -2.10. The average molecular weight is 483 g/mol. The van der Waals surface area contributed by atoms with Gasteiger partial charge in [-0.25, -0.2) is 17.8 Å². The molecule has 7 nitrogen and oxygen atoms in total. The molecule has 0 aliphatic heterocycles. The summed E-state index contributed by atoms with van der Waals surface area (Å²) >= 11 is 11.8. The van der Waals surface area contributed by atoms with Crippen LogP contribution < -0.4 is 15.4 Å². The van der Waals surface area contributed by atoms with Gasteiger partial charge >= 0.3 is 0 Å². The first-order chi connectivity index (χ1) is 14.7. The number of hydrogen-bond acceptors (Lipinski definition) is 5. The minimum Gasteiger partial charge on any atom is -0.367 e. The third-order valence-corrected chi connectivity index (χ3v) is 5.93. The van der Waals surface area contributed by atoms with E-state index in [-0.39, 0.29) is 16.5 Å². The zero-order chi connectivity index (χ0) is 22.4. The molecule has 0 aliphatic carbocycles. The first kappa shape index (κ1) is 22.8. The highest BCUT2D eigenvalue weighted by Gasteiger charge is 2.14. The summed E-state index contributed by atoms with van der Waals surface area (Å²) in [6, 6.07) is 11.9. The van der Waals surface area contributed by atoms with Gasteiger partial charge in [0.1, 0.15) is 11.6 Å². The maximum Gasteiger partial charge on any atom is 0.261 e. The van der Waals surface area contributed by atoms with Crippen molar-refractivity contribution in [3.63, 3.8) is 0 Å². The number of carbonyl (C=O) groups is 1. The van der Waals surface area contributed by atoms with Crippen molar-refractivity contribution in [2.75, 3.05) is 23.1 Å². The number of nitrogens with one attached hydrogen (secondary N) is 3. The number of sulfonamides is 1. The molecule has 2 aromatic carbocycles. The molecule has 11 heteroatoms. The van der Waals surface area contributed by atoms with Crippen molar-refractivity contribution in [3.05, 3.63) is 82.2 Å². The summed E-state index contributed by atoms with van der Waals surface area (Å²) in [5.41, 5.74) is 0.623. The molecular weight excluding hydrogens is 466 g/mol. The van der Waals surface area contributed by atoms with E-state index in [9.17, 15) is 17.6 Å². The van der Waals surface area contributed by atoms with Crippen LogP contribution in [0.4, 0.5) is 15.9 Å². The van der Waals surface area contributed by atoms with Crippen LogP contribution in [0.3, 0.4) is 0 Å². The maximum absolute atomic E-state index is 13.0. The summed E-state index contributed by atoms with van der Waals surface area (Å²) in [5.74, 6) is -0.403. The van der Waals surface area contributed by atoms with E-state index in [1.54, 1.807) is 6.07 Å². The Morgan fingerprint density at radius 2 is 1.68 bits per heavy atom. The quantitative estimate of drug-likeness (QED) is 0.418. The first-order valence-corrected chi connectivity index (χ1v) is 11.2. The van der Waals surface area contributed by atoms with E-state index in [4.69, 9.17) is 23.2 Å². The van der Waals surface area contributed by atoms with E-state index in [1.807, 2.05) is 0 Å². The summed E-state index contributed by atoms with van der Waals surface area (Å²) < 4.78 is 40.0. The van der Waals surface area contributed by atoms with Crippen molar-refractivity contribution in [2.24, 2.45) is 0 Å². The molecule has 0 bridgehead atoms. The van der Waals surface area contributed by atoms with Crippen molar-refractivity contribution in [3.8, 4) is 0 Å². The fraction of sp³-hybridized carbons (Fsp3) is 0.100. The Kier molecular flexibility index (Phi) is 7.32. The van der Waals surface area contributed by atoms with Gasteiger partial charge in [0.05, 0.1) is 14.9 Å². The summed E-state index contributed by atoms with van der Waals surface area (Å²) in [5, 5.41) is 6.51. The molecule has 3 aromatic rings. The van der Waals surface area contributed by atoms with E-state index in [1.165, 1.54) is 42.6 Å². The molecule has 0 radical (unpaired) electrons. The average Bonchev–Trinajstić information content (AvgIpc) is 2.73. The Labute approximate surface area is 188 Å². The van der Waals surface area contributed by atoms with Gasteiger partial charge in [-0.1, -0.05) is 23.2 Å². The highest BCUT2D eigenvalue weighted by Crippen LogP contribution is 2.22. The second-order valence-electron chi connectivity index (χ2n) is 6.30. The van der Waals surface area contributed by atoms with Crippen LogP contribution in [0.15, 0.2) is 65.7 Å². The molecule has 0 unspecified atom stereocenters. The van der Waals surface area contributed by atoms with Crippen molar-refractivity contribution >= 4 is 50.6 Å². The van der Waals surface area contributed by atoms with Gasteiger partial charge in [0.2, 0.25) is 0 Å². The van der Waals surface area contributed by atoms with Crippen LogP contribution >= 0.6 is 23.2 Å². The molecule has 1 heterocycles. The SMILES string of the molecule is O=C(NCCNc1ncc(Cl)cc1Cl)c1ccc(NS(=O)(=O)c2ccc(F)cc2)cc1. The van der Waals surface area contributed by atoms with E-state index in [0.717, 1.165) is 12.1 Å². The largest absolute Gasteiger partial charge is 0.367 e. The lowest BCUT2D eigenvalue weighted by molar-refractivity contribution is 0.0955. The lowest BCUT2D eigenvalue weighted by atomic mass is 10.2. The minimum absolute atomic E-state index is 0.0708. The third-order valence-electron chi connectivity index (χ3n) is 4.03. The zero-order valence-electron chi connectivity index (χ0n) is 15.9. The van der Waals surface area contributed by atoms with Gasteiger partial charge in [0.15, 0.2) is 0 Å². The summed E-state index contributed by atoms with van der Waals surface area (Å²) in [6.45, 7) is 0.689. The number of nitrogens with zero attached hydrogens (tertiary/aromatic N) is 1. The van der Waals surface area contributed by atoms with Gasteiger partial charge < -0.3 is 10.6 Å². The molecule has 0 saturated heterocycles. The molecule has 0 aliphatic rings. The molecule has 0 fully saturated rings. The van der Waals surface area contributed by atoms with Crippen molar-refractivity contribution < 1.29 is 17.6 Å². The van der Waals surface area contributed by atoms with Crippen molar-refractivity contribution in [1.82, 2.24) is 10.3 Å². The van der Waals surface area contributed by atoms with E-state index in [0.29, 0.717) is 34.5 Å². The second kappa shape index (κ2) is 9.95. The predicted molar refractivity (Wildman–Crippen MR) is 119 cm³/mol. The van der Waals surface area contributed by atoms with Gasteiger partial charge in [0.25, 0.3) is 15.9 Å². The third kappa shape index (κ3) is 6.30. The van der Waals surface area contributed by atoms with Crippen LogP contribution in [-0.4, -0.2) is 32.4 Å². The number of halogens is 3. The Bertz CT molecular complexity index is 1170. The first-order valence-electron chi connectivity index (χ1n) is 8.96. The molecule has 0 atom stereocenters. The molecule has 31 heavy (non-hydrogen) atoms. The molecule has 162 valence electrons. The predicted octanol–water partition coefficient (Wildman–Crippen LogP) is 4.17. The van der Waals surface area contributed by atoms with E-state index in [2.05, 4.69) is 20.3 Å². The number of benzene rings is 2. The second-order valence-corrected chi connectivity index (χ2v) is 8.83. The minimum atomic E-state index is -3.86. The highest BCUT2D eigenvalue weighted by atomic mass is 35.5.